The largest absolute Gasteiger partial charge is 0.495 e. The number of methoxy groups -OCH3 is 2. The molecule has 0 aromatic heterocycles. The van der Waals surface area contributed by atoms with E-state index in [2.05, 4.69) is 41.0 Å². The second kappa shape index (κ2) is 9.36. The minimum atomic E-state index is 0.318. The van der Waals surface area contributed by atoms with E-state index in [1.165, 1.54) is 18.4 Å². The highest BCUT2D eigenvalue weighted by atomic mass is 35.5. The molecule has 0 spiro atoms. The molecule has 2 aliphatic rings. The zero-order valence-corrected chi connectivity index (χ0v) is 18.8. The summed E-state index contributed by atoms with van der Waals surface area (Å²) < 4.78 is 16.9. The van der Waals surface area contributed by atoms with E-state index >= 15 is 0 Å². The molecule has 1 atom stereocenters. The Hall–Kier alpha value is -2.11. The molecule has 162 valence electrons. The number of rotatable bonds is 8. The highest BCUT2D eigenvalue weighted by Crippen LogP contribution is 2.36. The Bertz CT molecular complexity index is 864. The minimum absolute atomic E-state index is 0.318. The van der Waals surface area contributed by atoms with Gasteiger partial charge in [-0.3, -0.25) is 4.90 Å². The third-order valence-corrected chi connectivity index (χ3v) is 6.52. The van der Waals surface area contributed by atoms with Crippen LogP contribution in [0.5, 0.6) is 17.2 Å². The smallest absolute Gasteiger partial charge is 0.161 e. The molecular weight excluding hydrogens is 400 g/mol. The predicted molar refractivity (Wildman–Crippen MR) is 121 cm³/mol. The van der Waals surface area contributed by atoms with Crippen LogP contribution in [0.1, 0.15) is 31.4 Å². The lowest BCUT2D eigenvalue weighted by Gasteiger charge is -2.39. The van der Waals surface area contributed by atoms with Crippen LogP contribution >= 0.6 is 11.6 Å². The lowest BCUT2D eigenvalue weighted by Crippen LogP contribution is -2.47. The van der Waals surface area contributed by atoms with Crippen molar-refractivity contribution in [1.29, 1.82) is 0 Å². The molecule has 2 aromatic rings. The van der Waals surface area contributed by atoms with Gasteiger partial charge < -0.3 is 19.1 Å². The van der Waals surface area contributed by atoms with Crippen molar-refractivity contribution >= 4 is 17.3 Å². The fraction of sp³-hybridized carbons (Fsp3) is 0.500. The molecular formula is C24H31ClN2O3. The van der Waals surface area contributed by atoms with E-state index in [0.717, 1.165) is 61.6 Å². The predicted octanol–water partition coefficient (Wildman–Crippen LogP) is 5.03. The van der Waals surface area contributed by atoms with Crippen molar-refractivity contribution in [1.82, 2.24) is 4.90 Å². The first-order valence-corrected chi connectivity index (χ1v) is 11.1. The van der Waals surface area contributed by atoms with Crippen molar-refractivity contribution in [2.24, 2.45) is 5.92 Å². The maximum Gasteiger partial charge on any atom is 0.161 e. The van der Waals surface area contributed by atoms with Gasteiger partial charge >= 0.3 is 0 Å². The van der Waals surface area contributed by atoms with E-state index in [0.29, 0.717) is 11.1 Å². The van der Waals surface area contributed by atoms with Crippen LogP contribution in [-0.2, 0) is 0 Å². The average molecular weight is 431 g/mol. The zero-order chi connectivity index (χ0) is 21.1. The van der Waals surface area contributed by atoms with Crippen molar-refractivity contribution in [2.45, 2.75) is 25.8 Å². The standard InChI is InChI=1S/C24H31ClN2O3/c1-17(19-6-9-22(24(14-19)29-3)30-16-18-4-5-18)26-10-12-27(13-11-26)20-7-8-21(25)23(15-20)28-2/h6-9,14-15,17-18H,4-5,10-13,16H2,1-3H3. The van der Waals surface area contributed by atoms with E-state index in [4.69, 9.17) is 25.8 Å². The number of halogens is 1. The fourth-order valence-electron chi connectivity index (χ4n) is 3.98. The Kier molecular flexibility index (Phi) is 6.59. The molecule has 1 aliphatic carbocycles. The van der Waals surface area contributed by atoms with E-state index in [1.807, 2.05) is 12.1 Å². The summed E-state index contributed by atoms with van der Waals surface area (Å²) in [6, 6.07) is 12.7. The normalized spacial score (nSPS) is 18.2. The van der Waals surface area contributed by atoms with Gasteiger partial charge in [-0.25, -0.2) is 0 Å². The van der Waals surface area contributed by atoms with Gasteiger partial charge in [-0.05, 0) is 55.5 Å². The molecule has 2 aromatic carbocycles. The molecule has 1 saturated heterocycles. The first-order valence-electron chi connectivity index (χ1n) is 10.7. The molecule has 0 bridgehead atoms. The Morgan fingerprint density at radius 2 is 1.67 bits per heavy atom. The second-order valence-corrected chi connectivity index (χ2v) is 8.59. The number of hydrogen-bond donors (Lipinski definition) is 0. The summed E-state index contributed by atoms with van der Waals surface area (Å²) in [6.45, 7) is 6.98. The highest BCUT2D eigenvalue weighted by molar-refractivity contribution is 6.32. The van der Waals surface area contributed by atoms with Gasteiger partial charge in [0, 0.05) is 44.0 Å². The van der Waals surface area contributed by atoms with Crippen LogP contribution in [0.25, 0.3) is 0 Å². The highest BCUT2D eigenvalue weighted by Gasteiger charge is 2.25. The molecule has 1 heterocycles. The lowest BCUT2D eigenvalue weighted by molar-refractivity contribution is 0.198. The SMILES string of the molecule is COc1cc(N2CCN(C(C)c3ccc(OCC4CC4)c(OC)c3)CC2)ccc1Cl. The number of ether oxygens (including phenoxy) is 3. The van der Waals surface area contributed by atoms with Gasteiger partial charge in [0.25, 0.3) is 0 Å². The zero-order valence-electron chi connectivity index (χ0n) is 18.1. The van der Waals surface area contributed by atoms with Gasteiger partial charge in [0.15, 0.2) is 11.5 Å². The van der Waals surface area contributed by atoms with Crippen LogP contribution in [0.2, 0.25) is 5.02 Å². The van der Waals surface area contributed by atoms with Gasteiger partial charge in [-0.1, -0.05) is 17.7 Å². The van der Waals surface area contributed by atoms with Gasteiger partial charge in [0.2, 0.25) is 0 Å². The quantitative estimate of drug-likeness (QED) is 0.586. The number of piperazine rings is 1. The summed E-state index contributed by atoms with van der Waals surface area (Å²) in [5, 5.41) is 0.645. The summed E-state index contributed by atoms with van der Waals surface area (Å²) in [6.07, 6.45) is 2.57. The first kappa shape index (κ1) is 21.1. The van der Waals surface area contributed by atoms with Crippen molar-refractivity contribution in [2.75, 3.05) is 51.9 Å². The van der Waals surface area contributed by atoms with Crippen LogP contribution < -0.4 is 19.1 Å². The first-order chi connectivity index (χ1) is 14.6. The third-order valence-electron chi connectivity index (χ3n) is 6.20. The van der Waals surface area contributed by atoms with E-state index < -0.39 is 0 Å². The number of benzene rings is 2. The van der Waals surface area contributed by atoms with Crippen LogP contribution in [0, 0.1) is 5.92 Å². The van der Waals surface area contributed by atoms with Crippen molar-refractivity contribution < 1.29 is 14.2 Å². The van der Waals surface area contributed by atoms with Gasteiger partial charge in [0.1, 0.15) is 5.75 Å². The number of hydrogen-bond acceptors (Lipinski definition) is 5. The van der Waals surface area contributed by atoms with Gasteiger partial charge in [0.05, 0.1) is 25.8 Å². The summed E-state index contributed by atoms with van der Waals surface area (Å²) >= 11 is 6.17. The summed E-state index contributed by atoms with van der Waals surface area (Å²) in [4.78, 5) is 4.90. The molecule has 4 rings (SSSR count). The molecule has 5 nitrogen and oxygen atoms in total. The van der Waals surface area contributed by atoms with Crippen LogP contribution in [0.15, 0.2) is 36.4 Å². The van der Waals surface area contributed by atoms with Crippen molar-refractivity contribution in [3.05, 3.63) is 47.0 Å². The lowest BCUT2D eigenvalue weighted by atomic mass is 10.0. The molecule has 0 radical (unpaired) electrons. The fourth-order valence-corrected chi connectivity index (χ4v) is 4.17. The van der Waals surface area contributed by atoms with E-state index in [1.54, 1.807) is 14.2 Å². The third kappa shape index (κ3) is 4.79. The topological polar surface area (TPSA) is 34.2 Å². The maximum absolute atomic E-state index is 6.17. The minimum Gasteiger partial charge on any atom is -0.495 e. The molecule has 1 aliphatic heterocycles. The summed E-state index contributed by atoms with van der Waals surface area (Å²) in [5.41, 5.74) is 2.41. The molecule has 0 N–H and O–H groups in total. The maximum atomic E-state index is 6.17. The molecule has 30 heavy (non-hydrogen) atoms. The van der Waals surface area contributed by atoms with Crippen LogP contribution in [0.4, 0.5) is 5.69 Å². The number of anilines is 1. The molecule has 6 heteroatoms. The van der Waals surface area contributed by atoms with E-state index in [-0.39, 0.29) is 0 Å². The van der Waals surface area contributed by atoms with E-state index in [9.17, 15) is 0 Å². The monoisotopic (exact) mass is 430 g/mol. The number of nitrogens with zero attached hydrogens (tertiary/aromatic N) is 2. The molecule has 1 saturated carbocycles. The van der Waals surface area contributed by atoms with Gasteiger partial charge in [-0.2, -0.15) is 0 Å². The summed E-state index contributed by atoms with van der Waals surface area (Å²) in [5.74, 6) is 3.13. The Morgan fingerprint density at radius 3 is 2.33 bits per heavy atom. The Labute approximate surface area is 184 Å². The van der Waals surface area contributed by atoms with Crippen molar-refractivity contribution in [3.8, 4) is 17.2 Å². The second-order valence-electron chi connectivity index (χ2n) is 8.18. The van der Waals surface area contributed by atoms with Crippen molar-refractivity contribution in [3.63, 3.8) is 0 Å². The van der Waals surface area contributed by atoms with Gasteiger partial charge in [-0.15, -0.1) is 0 Å². The average Bonchev–Trinajstić information content (AvgIpc) is 3.62. The van der Waals surface area contributed by atoms with Crippen LogP contribution in [0.3, 0.4) is 0 Å². The molecule has 2 fully saturated rings. The summed E-state index contributed by atoms with van der Waals surface area (Å²) in [7, 11) is 3.37. The Balaban J connectivity index is 1.38. The molecule has 1 unspecified atom stereocenters. The molecule has 0 amide bonds. The van der Waals surface area contributed by atoms with Crippen LogP contribution in [-0.4, -0.2) is 51.9 Å². The Morgan fingerprint density at radius 1 is 0.933 bits per heavy atom.